The molecular formula is C28H25N9. The number of piperidine rings is 1. The molecule has 6 aromatic rings. The molecule has 6 aromatic heterocycles. The molecule has 0 radical (unpaired) electrons. The predicted octanol–water partition coefficient (Wildman–Crippen LogP) is 5.01. The van der Waals surface area contributed by atoms with Gasteiger partial charge in [-0.05, 0) is 61.8 Å². The number of hydrogen-bond donors (Lipinski definition) is 2. The average molecular weight is 488 g/mol. The molecule has 0 aromatic carbocycles. The number of pyridine rings is 4. The monoisotopic (exact) mass is 487 g/mol. The van der Waals surface area contributed by atoms with Gasteiger partial charge in [0.2, 0.25) is 0 Å². The number of fused-ring (bicyclic) bond motifs is 2. The van der Waals surface area contributed by atoms with E-state index in [1.165, 1.54) is 24.8 Å². The fourth-order valence-corrected chi connectivity index (χ4v) is 5.09. The summed E-state index contributed by atoms with van der Waals surface area (Å²) in [4.78, 5) is 29.0. The summed E-state index contributed by atoms with van der Waals surface area (Å²) in [6.07, 6.45) is 13.1. The van der Waals surface area contributed by atoms with Gasteiger partial charge < -0.3 is 4.98 Å². The Kier molecular flexibility index (Phi) is 5.40. The van der Waals surface area contributed by atoms with Gasteiger partial charge in [-0.15, -0.1) is 0 Å². The molecule has 1 saturated heterocycles. The van der Waals surface area contributed by atoms with Crippen molar-refractivity contribution in [1.29, 1.82) is 0 Å². The van der Waals surface area contributed by atoms with Crippen molar-refractivity contribution in [1.82, 2.24) is 45.0 Å². The lowest BCUT2D eigenvalue weighted by Crippen LogP contribution is -2.29. The number of likely N-dealkylation sites (tertiary alicyclic amines) is 1. The maximum absolute atomic E-state index is 4.89. The summed E-state index contributed by atoms with van der Waals surface area (Å²) < 4.78 is 0. The molecule has 0 spiro atoms. The Bertz CT molecular complexity index is 1700. The Morgan fingerprint density at radius 1 is 0.865 bits per heavy atom. The van der Waals surface area contributed by atoms with E-state index in [0.29, 0.717) is 11.5 Å². The molecule has 0 unspecified atom stereocenters. The third-order valence-electron chi connectivity index (χ3n) is 6.94. The van der Waals surface area contributed by atoms with Gasteiger partial charge in [-0.1, -0.05) is 12.5 Å². The molecule has 9 nitrogen and oxygen atoms in total. The van der Waals surface area contributed by atoms with Gasteiger partial charge in [0.15, 0.2) is 11.5 Å². The average Bonchev–Trinajstić information content (AvgIpc) is 3.58. The molecular weight excluding hydrogens is 462 g/mol. The van der Waals surface area contributed by atoms with E-state index in [1.807, 2.05) is 42.9 Å². The fourth-order valence-electron chi connectivity index (χ4n) is 5.09. The van der Waals surface area contributed by atoms with E-state index in [-0.39, 0.29) is 0 Å². The highest BCUT2D eigenvalue weighted by molar-refractivity contribution is 5.95. The lowest BCUT2D eigenvalue weighted by atomic mass is 10.1. The van der Waals surface area contributed by atoms with E-state index in [2.05, 4.69) is 52.1 Å². The first kappa shape index (κ1) is 21.8. The predicted molar refractivity (Wildman–Crippen MR) is 142 cm³/mol. The summed E-state index contributed by atoms with van der Waals surface area (Å²) in [6.45, 7) is 3.25. The van der Waals surface area contributed by atoms with Crippen molar-refractivity contribution in [3.05, 3.63) is 72.9 Å². The van der Waals surface area contributed by atoms with Crippen LogP contribution in [0.1, 0.15) is 24.8 Å². The Labute approximate surface area is 213 Å². The van der Waals surface area contributed by atoms with Gasteiger partial charge in [-0.25, -0.2) is 9.97 Å². The van der Waals surface area contributed by atoms with Crippen LogP contribution in [0.25, 0.3) is 56.1 Å². The quantitative estimate of drug-likeness (QED) is 0.352. The van der Waals surface area contributed by atoms with Crippen LogP contribution in [0.2, 0.25) is 0 Å². The normalized spacial score (nSPS) is 14.5. The molecule has 7 rings (SSSR count). The first-order chi connectivity index (χ1) is 18.3. The first-order valence-corrected chi connectivity index (χ1v) is 12.6. The number of rotatable bonds is 5. The van der Waals surface area contributed by atoms with Gasteiger partial charge in [0.25, 0.3) is 0 Å². The maximum atomic E-state index is 4.89. The van der Waals surface area contributed by atoms with E-state index in [0.717, 1.165) is 64.3 Å². The van der Waals surface area contributed by atoms with E-state index in [1.54, 1.807) is 12.4 Å². The van der Waals surface area contributed by atoms with E-state index < -0.39 is 0 Å². The smallest absolute Gasteiger partial charge is 0.181 e. The number of hydrogen-bond acceptors (Lipinski definition) is 7. The minimum absolute atomic E-state index is 0.639. The molecule has 7 heterocycles. The highest BCUT2D eigenvalue weighted by Gasteiger charge is 2.17. The van der Waals surface area contributed by atoms with Gasteiger partial charge in [-0.2, -0.15) is 5.10 Å². The molecule has 0 atom stereocenters. The van der Waals surface area contributed by atoms with Crippen LogP contribution in [0.5, 0.6) is 0 Å². The van der Waals surface area contributed by atoms with Crippen LogP contribution < -0.4 is 0 Å². The molecule has 0 amide bonds. The molecule has 1 aliphatic rings. The van der Waals surface area contributed by atoms with Gasteiger partial charge >= 0.3 is 0 Å². The second kappa shape index (κ2) is 9.18. The minimum atomic E-state index is 0.639. The molecule has 1 fully saturated rings. The van der Waals surface area contributed by atoms with Crippen LogP contribution in [0.3, 0.4) is 0 Å². The Hall–Kier alpha value is -4.50. The van der Waals surface area contributed by atoms with Crippen molar-refractivity contribution in [2.45, 2.75) is 25.8 Å². The van der Waals surface area contributed by atoms with E-state index in [4.69, 9.17) is 4.98 Å². The van der Waals surface area contributed by atoms with E-state index in [9.17, 15) is 0 Å². The molecule has 2 N–H and O–H groups in total. The molecule has 182 valence electrons. The summed E-state index contributed by atoms with van der Waals surface area (Å²) in [5, 5.41) is 8.45. The maximum Gasteiger partial charge on any atom is 0.181 e. The van der Waals surface area contributed by atoms with Crippen molar-refractivity contribution >= 4 is 22.1 Å². The third kappa shape index (κ3) is 4.13. The minimum Gasteiger partial charge on any atom is -0.337 e. The zero-order chi connectivity index (χ0) is 24.6. The number of imidazole rings is 1. The first-order valence-electron chi connectivity index (χ1n) is 12.6. The molecule has 1 aliphatic heterocycles. The van der Waals surface area contributed by atoms with E-state index >= 15 is 0 Å². The van der Waals surface area contributed by atoms with Crippen LogP contribution in [-0.2, 0) is 6.54 Å². The fraction of sp³-hybridized carbons (Fsp3) is 0.214. The summed E-state index contributed by atoms with van der Waals surface area (Å²) in [5.41, 5.74) is 7.84. The molecule has 37 heavy (non-hydrogen) atoms. The Morgan fingerprint density at radius 2 is 1.78 bits per heavy atom. The third-order valence-corrected chi connectivity index (χ3v) is 6.94. The summed E-state index contributed by atoms with van der Waals surface area (Å²) in [6, 6.07) is 12.0. The Balaban J connectivity index is 1.26. The van der Waals surface area contributed by atoms with Crippen molar-refractivity contribution in [2.24, 2.45) is 0 Å². The van der Waals surface area contributed by atoms with Crippen molar-refractivity contribution in [2.75, 3.05) is 13.1 Å². The van der Waals surface area contributed by atoms with Crippen LogP contribution in [-0.4, -0.2) is 58.1 Å². The lowest BCUT2D eigenvalue weighted by Gasteiger charge is -2.26. The van der Waals surface area contributed by atoms with Crippen LogP contribution in [0.4, 0.5) is 0 Å². The molecule has 0 aliphatic carbocycles. The standard InChI is InChI=1S/C28H25N9/c1-4-10-37(11-5-1)17-18-12-19(15-29-14-18)20-13-21-24(35-36-27(21)32-16-20)28-33-23-7-9-31-25(26(23)34-28)22-6-2-3-8-30-22/h2-3,6-9,12-16H,1,4-5,10-11,17H2,(H,33,34)(H,32,35,36). The second-order valence-corrected chi connectivity index (χ2v) is 9.47. The summed E-state index contributed by atoms with van der Waals surface area (Å²) in [5.74, 6) is 0.679. The number of H-pyrrole nitrogens is 2. The van der Waals surface area contributed by atoms with Crippen molar-refractivity contribution < 1.29 is 0 Å². The van der Waals surface area contributed by atoms with Crippen LogP contribution in [0, 0.1) is 0 Å². The van der Waals surface area contributed by atoms with Crippen LogP contribution in [0.15, 0.2) is 67.4 Å². The SMILES string of the molecule is c1ccc(-c2nccc3[nH]c(-c4[nH]nc5ncc(-c6cncc(CN7CCCCC7)c6)cc45)nc23)nc1. The number of nitrogens with one attached hydrogen (secondary N) is 2. The number of nitrogens with zero attached hydrogens (tertiary/aromatic N) is 7. The van der Waals surface area contributed by atoms with Crippen molar-refractivity contribution in [3.63, 3.8) is 0 Å². The molecule has 0 bridgehead atoms. The van der Waals surface area contributed by atoms with Crippen molar-refractivity contribution in [3.8, 4) is 34.0 Å². The zero-order valence-corrected chi connectivity index (χ0v) is 20.2. The van der Waals surface area contributed by atoms with Gasteiger partial charge in [0, 0.05) is 48.7 Å². The largest absolute Gasteiger partial charge is 0.337 e. The Morgan fingerprint density at radius 3 is 2.68 bits per heavy atom. The number of aromatic amines is 2. The number of aromatic nitrogens is 8. The highest BCUT2D eigenvalue weighted by atomic mass is 15.2. The summed E-state index contributed by atoms with van der Waals surface area (Å²) >= 11 is 0. The summed E-state index contributed by atoms with van der Waals surface area (Å²) in [7, 11) is 0. The zero-order valence-electron chi connectivity index (χ0n) is 20.2. The van der Waals surface area contributed by atoms with Gasteiger partial charge in [0.1, 0.15) is 16.9 Å². The molecule has 9 heteroatoms. The van der Waals surface area contributed by atoms with Crippen LogP contribution >= 0.6 is 0 Å². The second-order valence-electron chi connectivity index (χ2n) is 9.47. The lowest BCUT2D eigenvalue weighted by molar-refractivity contribution is 0.220. The molecule has 0 saturated carbocycles. The van der Waals surface area contributed by atoms with Gasteiger partial charge in [-0.3, -0.25) is 25.0 Å². The topological polar surface area (TPSA) is 112 Å². The van der Waals surface area contributed by atoms with Gasteiger partial charge in [0.05, 0.1) is 16.6 Å². The highest BCUT2D eigenvalue weighted by Crippen LogP contribution is 2.31.